The number of aromatic amines is 1. The number of aromatic nitrogens is 5. The summed E-state index contributed by atoms with van der Waals surface area (Å²) in [4.78, 5) is 18.1. The van der Waals surface area contributed by atoms with E-state index in [9.17, 15) is 4.79 Å². The van der Waals surface area contributed by atoms with Crippen molar-refractivity contribution in [2.24, 2.45) is 0 Å². The van der Waals surface area contributed by atoms with Crippen molar-refractivity contribution >= 4 is 10.9 Å². The number of hydrogen-bond acceptors (Lipinski definition) is 7. The lowest BCUT2D eigenvalue weighted by molar-refractivity contribution is 0.0914. The molecule has 1 atom stereocenters. The summed E-state index contributed by atoms with van der Waals surface area (Å²) in [5, 5.41) is 13.3. The number of pyridine rings is 1. The van der Waals surface area contributed by atoms with Gasteiger partial charge in [0.05, 0.1) is 31.8 Å². The van der Waals surface area contributed by atoms with Gasteiger partial charge in [-0.15, -0.1) is 5.10 Å². The van der Waals surface area contributed by atoms with Crippen molar-refractivity contribution in [3.05, 3.63) is 81.9 Å². The normalized spacial score (nSPS) is 15.9. The molecule has 1 saturated heterocycles. The van der Waals surface area contributed by atoms with E-state index in [1.807, 2.05) is 47.1 Å². The quantitative estimate of drug-likeness (QED) is 0.410. The Kier molecular flexibility index (Phi) is 6.64. The maximum Gasteiger partial charge on any atom is 0.252 e. The molecule has 9 heteroatoms. The minimum atomic E-state index is -0.113. The molecule has 3 heterocycles. The van der Waals surface area contributed by atoms with Crippen molar-refractivity contribution in [3.63, 3.8) is 0 Å². The number of methoxy groups -OCH3 is 1. The van der Waals surface area contributed by atoms with E-state index in [0.717, 1.165) is 41.7 Å². The number of nitrogens with one attached hydrogen (secondary N) is 1. The van der Waals surface area contributed by atoms with Crippen molar-refractivity contribution in [2.45, 2.75) is 45.1 Å². The fourth-order valence-corrected chi connectivity index (χ4v) is 4.38. The zero-order chi connectivity index (χ0) is 23.3. The summed E-state index contributed by atoms with van der Waals surface area (Å²) in [6.07, 6.45) is 2.23. The molecule has 176 valence electrons. The van der Waals surface area contributed by atoms with Crippen LogP contribution in [0.1, 0.15) is 29.8 Å². The van der Waals surface area contributed by atoms with Crippen LogP contribution < -0.4 is 10.3 Å². The number of ether oxygens (including phenoxy) is 2. The first-order valence-corrected chi connectivity index (χ1v) is 11.5. The Morgan fingerprint density at radius 3 is 2.82 bits per heavy atom. The second-order valence-corrected chi connectivity index (χ2v) is 8.62. The number of H-pyrrole nitrogens is 1. The van der Waals surface area contributed by atoms with E-state index < -0.39 is 0 Å². The highest BCUT2D eigenvalue weighted by Crippen LogP contribution is 2.20. The maximum absolute atomic E-state index is 12.9. The lowest BCUT2D eigenvalue weighted by Gasteiger charge is -2.22. The van der Waals surface area contributed by atoms with Gasteiger partial charge in [0, 0.05) is 31.3 Å². The van der Waals surface area contributed by atoms with Crippen molar-refractivity contribution in [3.8, 4) is 5.75 Å². The number of hydrogen-bond donors (Lipinski definition) is 1. The molecular weight excluding hydrogens is 432 g/mol. The van der Waals surface area contributed by atoms with Crippen molar-refractivity contribution in [1.82, 2.24) is 30.1 Å². The van der Waals surface area contributed by atoms with Gasteiger partial charge in [-0.3, -0.25) is 9.69 Å². The summed E-state index contributed by atoms with van der Waals surface area (Å²) in [7, 11) is 1.61. The molecule has 1 aliphatic rings. The smallest absolute Gasteiger partial charge is 0.252 e. The van der Waals surface area contributed by atoms with E-state index in [0.29, 0.717) is 37.5 Å². The molecule has 2 aromatic carbocycles. The molecule has 0 bridgehead atoms. The first-order valence-electron chi connectivity index (χ1n) is 11.5. The highest BCUT2D eigenvalue weighted by molar-refractivity contribution is 5.80. The van der Waals surface area contributed by atoms with Gasteiger partial charge in [-0.2, -0.15) is 0 Å². The van der Waals surface area contributed by atoms with Crippen molar-refractivity contribution in [1.29, 1.82) is 0 Å². The highest BCUT2D eigenvalue weighted by Gasteiger charge is 2.20. The van der Waals surface area contributed by atoms with Crippen LogP contribution in [0.4, 0.5) is 0 Å². The number of rotatable bonds is 9. The summed E-state index contributed by atoms with van der Waals surface area (Å²) < 4.78 is 12.9. The average Bonchev–Trinajstić information content (AvgIpc) is 3.52. The molecule has 0 radical (unpaired) electrons. The predicted octanol–water partition coefficient (Wildman–Crippen LogP) is 2.90. The fourth-order valence-electron chi connectivity index (χ4n) is 4.38. The third-order valence-electron chi connectivity index (χ3n) is 6.14. The lowest BCUT2D eigenvalue weighted by atomic mass is 10.1. The van der Waals surface area contributed by atoms with Gasteiger partial charge in [-0.1, -0.05) is 30.3 Å². The fraction of sp³-hybridized carbons (Fsp3) is 0.360. The predicted molar refractivity (Wildman–Crippen MR) is 127 cm³/mol. The van der Waals surface area contributed by atoms with Gasteiger partial charge in [0.25, 0.3) is 5.56 Å². The Hall–Kier alpha value is -3.56. The van der Waals surface area contributed by atoms with E-state index in [1.165, 1.54) is 0 Å². The second kappa shape index (κ2) is 10.1. The summed E-state index contributed by atoms with van der Waals surface area (Å²) in [5.41, 5.74) is 2.48. The molecule has 0 spiro atoms. The molecule has 1 aliphatic heterocycles. The van der Waals surface area contributed by atoms with Crippen LogP contribution in [0.5, 0.6) is 5.75 Å². The number of fused-ring (bicyclic) bond motifs is 1. The minimum absolute atomic E-state index is 0.113. The number of tetrazole rings is 1. The first kappa shape index (κ1) is 22.2. The van der Waals surface area contributed by atoms with Crippen LogP contribution in [-0.2, 0) is 30.9 Å². The zero-order valence-electron chi connectivity index (χ0n) is 19.2. The first-order chi connectivity index (χ1) is 16.7. The van der Waals surface area contributed by atoms with Crippen LogP contribution in [-0.4, -0.2) is 49.9 Å². The Bertz CT molecular complexity index is 1300. The van der Waals surface area contributed by atoms with E-state index >= 15 is 0 Å². The third kappa shape index (κ3) is 5.16. The van der Waals surface area contributed by atoms with Gasteiger partial charge in [0.1, 0.15) is 5.75 Å². The summed E-state index contributed by atoms with van der Waals surface area (Å²) in [6, 6.07) is 17.8. The summed E-state index contributed by atoms with van der Waals surface area (Å²) in [6.45, 7) is 3.06. The molecule has 0 unspecified atom stereocenters. The van der Waals surface area contributed by atoms with Gasteiger partial charge < -0.3 is 14.5 Å². The Balaban J connectivity index is 1.41. The molecule has 2 aromatic heterocycles. The zero-order valence-corrected chi connectivity index (χ0v) is 19.2. The Morgan fingerprint density at radius 1 is 1.15 bits per heavy atom. The van der Waals surface area contributed by atoms with E-state index in [2.05, 4.69) is 37.5 Å². The lowest BCUT2D eigenvalue weighted by Crippen LogP contribution is -2.29. The molecule has 34 heavy (non-hydrogen) atoms. The van der Waals surface area contributed by atoms with Crippen molar-refractivity contribution in [2.75, 3.05) is 13.7 Å². The van der Waals surface area contributed by atoms with Crippen LogP contribution in [0.2, 0.25) is 0 Å². The monoisotopic (exact) mass is 460 g/mol. The molecule has 0 aliphatic carbocycles. The molecule has 1 N–H and O–H groups in total. The second-order valence-electron chi connectivity index (χ2n) is 8.62. The third-order valence-corrected chi connectivity index (χ3v) is 6.14. The van der Waals surface area contributed by atoms with Gasteiger partial charge in [-0.05, 0) is 52.4 Å². The van der Waals surface area contributed by atoms with Crippen molar-refractivity contribution < 1.29 is 9.47 Å². The van der Waals surface area contributed by atoms with Gasteiger partial charge in [0.2, 0.25) is 0 Å². The number of nitrogens with zero attached hydrogens (tertiary/aromatic N) is 5. The van der Waals surface area contributed by atoms with Gasteiger partial charge >= 0.3 is 0 Å². The Labute approximate surface area is 197 Å². The summed E-state index contributed by atoms with van der Waals surface area (Å²) in [5.74, 6) is 1.47. The molecule has 9 nitrogen and oxygen atoms in total. The highest BCUT2D eigenvalue weighted by atomic mass is 16.5. The molecule has 0 saturated carbocycles. The maximum atomic E-state index is 12.9. The largest absolute Gasteiger partial charge is 0.497 e. The average molecular weight is 461 g/mol. The minimum Gasteiger partial charge on any atom is -0.497 e. The Morgan fingerprint density at radius 2 is 2.03 bits per heavy atom. The molecular formula is C25H28N6O3. The standard InChI is InChI=1S/C25H28N6O3/c1-33-21-10-9-19-12-20(25(32)26-23(19)13-21)15-30(14-18-6-3-2-4-7-18)17-24-27-28-29-31(24)16-22-8-5-11-34-22/h2-4,6-7,9-10,12-13,22H,5,8,11,14-17H2,1H3,(H,26,32)/t22-/m1/s1. The van der Waals surface area contributed by atoms with Crippen LogP contribution in [0, 0.1) is 0 Å². The molecule has 1 fully saturated rings. The van der Waals surface area contributed by atoms with Gasteiger partial charge in [0.15, 0.2) is 5.82 Å². The SMILES string of the molecule is COc1ccc2cc(CN(Cc3ccccc3)Cc3nnnn3C[C@H]3CCCO3)c(=O)[nH]c2c1. The van der Waals surface area contributed by atoms with E-state index in [4.69, 9.17) is 9.47 Å². The molecule has 0 amide bonds. The van der Waals surface area contributed by atoms with Crippen LogP contribution in [0.3, 0.4) is 0 Å². The summed E-state index contributed by atoms with van der Waals surface area (Å²) >= 11 is 0. The van der Waals surface area contributed by atoms with Crippen LogP contribution in [0.15, 0.2) is 59.4 Å². The van der Waals surface area contributed by atoms with E-state index in [-0.39, 0.29) is 11.7 Å². The molecule has 4 aromatic rings. The van der Waals surface area contributed by atoms with Gasteiger partial charge in [-0.25, -0.2) is 4.68 Å². The van der Waals surface area contributed by atoms with E-state index in [1.54, 1.807) is 7.11 Å². The molecule has 5 rings (SSSR count). The topological polar surface area (TPSA) is 98.2 Å². The number of benzene rings is 2. The van der Waals surface area contributed by atoms with Crippen LogP contribution >= 0.6 is 0 Å². The van der Waals surface area contributed by atoms with Crippen LogP contribution in [0.25, 0.3) is 10.9 Å².